The van der Waals surface area contributed by atoms with Gasteiger partial charge in [0.05, 0.1) is 0 Å². The molecule has 0 unspecified atom stereocenters. The summed E-state index contributed by atoms with van der Waals surface area (Å²) in [6.07, 6.45) is 5.13. The van der Waals surface area contributed by atoms with Crippen LogP contribution >= 0.6 is 0 Å². The highest BCUT2D eigenvalue weighted by molar-refractivity contribution is 4.99. The van der Waals surface area contributed by atoms with Crippen LogP contribution in [0.1, 0.15) is 59.1 Å². The first-order valence-corrected chi connectivity index (χ1v) is 6.52. The van der Waals surface area contributed by atoms with Crippen molar-refractivity contribution in [1.82, 2.24) is 15.0 Å². The normalized spacial score (nSPS) is 12.1. The van der Waals surface area contributed by atoms with Gasteiger partial charge in [0.2, 0.25) is 5.95 Å². The van der Waals surface area contributed by atoms with E-state index in [1.54, 1.807) is 0 Å². The first kappa shape index (κ1) is 14.1. The van der Waals surface area contributed by atoms with Crippen molar-refractivity contribution in [2.45, 2.75) is 66.3 Å². The number of nitrogens with zero attached hydrogens (tertiary/aromatic N) is 3. The van der Waals surface area contributed by atoms with Gasteiger partial charge >= 0.3 is 0 Å². The van der Waals surface area contributed by atoms with Gasteiger partial charge in [0.15, 0.2) is 0 Å². The topological polar surface area (TPSA) is 30.7 Å². The molecule has 0 bridgehead atoms. The summed E-state index contributed by atoms with van der Waals surface area (Å²) in [6.45, 7) is 9.03. The van der Waals surface area contributed by atoms with Gasteiger partial charge in [0, 0.05) is 13.0 Å². The second-order valence-electron chi connectivity index (χ2n) is 5.85. The zero-order valence-corrected chi connectivity index (χ0v) is 11.5. The van der Waals surface area contributed by atoms with E-state index in [1.807, 2.05) is 0 Å². The van der Waals surface area contributed by atoms with Crippen molar-refractivity contribution in [2.75, 3.05) is 0 Å². The second kappa shape index (κ2) is 6.12. The number of hydrogen-bond acceptors (Lipinski definition) is 2. The molecule has 0 aliphatic carbocycles. The maximum absolute atomic E-state index is 13.9. The van der Waals surface area contributed by atoms with E-state index in [-0.39, 0.29) is 11.4 Å². The Kier molecular flexibility index (Phi) is 5.09. The van der Waals surface area contributed by atoms with E-state index >= 15 is 0 Å². The molecule has 0 amide bonds. The first-order valence-electron chi connectivity index (χ1n) is 6.52. The van der Waals surface area contributed by atoms with Crippen LogP contribution in [0.3, 0.4) is 0 Å². The van der Waals surface area contributed by atoms with Crippen molar-refractivity contribution in [2.24, 2.45) is 5.41 Å². The lowest BCUT2D eigenvalue weighted by Crippen LogP contribution is -2.11. The molecule has 3 nitrogen and oxygen atoms in total. The summed E-state index contributed by atoms with van der Waals surface area (Å²) >= 11 is 0. The molecule has 0 radical (unpaired) electrons. The Bertz CT molecular complexity index is 339. The molecule has 1 aromatic rings. The van der Waals surface area contributed by atoms with Gasteiger partial charge in [0.1, 0.15) is 5.69 Å². The molecule has 1 heterocycles. The Balaban J connectivity index is 2.52. The van der Waals surface area contributed by atoms with Crippen LogP contribution in [-0.4, -0.2) is 15.0 Å². The fraction of sp³-hybridized carbons (Fsp3) is 0.846. The van der Waals surface area contributed by atoms with Gasteiger partial charge in [-0.25, -0.2) is 4.68 Å². The molecule has 0 aromatic carbocycles. The quantitative estimate of drug-likeness (QED) is 0.713. The maximum Gasteiger partial charge on any atom is 0.234 e. The number of unbranched alkanes of at least 4 members (excludes halogenated alkanes) is 3. The third-order valence-corrected chi connectivity index (χ3v) is 2.66. The summed E-state index contributed by atoms with van der Waals surface area (Å²) in [5, 5.41) is 7.83. The summed E-state index contributed by atoms with van der Waals surface area (Å²) in [4.78, 5) is 0. The zero-order valence-electron chi connectivity index (χ0n) is 11.5. The van der Waals surface area contributed by atoms with Gasteiger partial charge in [-0.15, -0.1) is 5.10 Å². The summed E-state index contributed by atoms with van der Waals surface area (Å²) in [7, 11) is 0. The fourth-order valence-electron chi connectivity index (χ4n) is 1.78. The molecule has 0 fully saturated rings. The monoisotopic (exact) mass is 241 g/mol. The van der Waals surface area contributed by atoms with Gasteiger partial charge in [-0.2, -0.15) is 4.39 Å². The fourth-order valence-corrected chi connectivity index (χ4v) is 1.78. The predicted octanol–water partition coefficient (Wildman–Crippen LogP) is 3.59. The van der Waals surface area contributed by atoms with Gasteiger partial charge in [-0.1, -0.05) is 52.2 Å². The number of rotatable bonds is 6. The predicted molar refractivity (Wildman–Crippen MR) is 67.3 cm³/mol. The molecular weight excluding hydrogens is 217 g/mol. The van der Waals surface area contributed by atoms with Gasteiger partial charge < -0.3 is 0 Å². The Labute approximate surface area is 103 Å². The average molecular weight is 241 g/mol. The Morgan fingerprint density at radius 2 is 1.88 bits per heavy atom. The minimum atomic E-state index is -0.253. The van der Waals surface area contributed by atoms with Gasteiger partial charge in [-0.3, -0.25) is 0 Å². The number of halogens is 1. The smallest absolute Gasteiger partial charge is 0.219 e. The van der Waals surface area contributed by atoms with Crippen molar-refractivity contribution in [3.05, 3.63) is 11.6 Å². The minimum absolute atomic E-state index is 0.0455. The summed E-state index contributed by atoms with van der Waals surface area (Å²) in [5.74, 6) is -0.253. The molecule has 0 saturated carbocycles. The molecule has 98 valence electrons. The third-order valence-electron chi connectivity index (χ3n) is 2.66. The highest BCUT2D eigenvalue weighted by atomic mass is 19.1. The van der Waals surface area contributed by atoms with Crippen LogP contribution in [0.25, 0.3) is 0 Å². The van der Waals surface area contributed by atoms with Crippen LogP contribution in [0.15, 0.2) is 0 Å². The molecule has 17 heavy (non-hydrogen) atoms. The molecule has 1 aromatic heterocycles. The Hall–Kier alpha value is -0.930. The summed E-state index contributed by atoms with van der Waals surface area (Å²) < 4.78 is 15.3. The van der Waals surface area contributed by atoms with Crippen LogP contribution in [0.5, 0.6) is 0 Å². The molecule has 0 saturated heterocycles. The average Bonchev–Trinajstić information content (AvgIpc) is 2.54. The molecule has 0 N–H and O–H groups in total. The molecule has 1 rings (SSSR count). The molecule has 4 heteroatoms. The van der Waals surface area contributed by atoms with Crippen molar-refractivity contribution >= 4 is 0 Å². The van der Waals surface area contributed by atoms with E-state index in [9.17, 15) is 4.39 Å². The second-order valence-corrected chi connectivity index (χ2v) is 5.85. The van der Waals surface area contributed by atoms with Crippen molar-refractivity contribution < 1.29 is 4.39 Å². The van der Waals surface area contributed by atoms with Gasteiger partial charge in [-0.05, 0) is 11.8 Å². The Morgan fingerprint density at radius 1 is 1.18 bits per heavy atom. The van der Waals surface area contributed by atoms with Crippen LogP contribution in [0.4, 0.5) is 4.39 Å². The highest BCUT2D eigenvalue weighted by Crippen LogP contribution is 2.20. The number of aryl methyl sites for hydroxylation is 1. The molecule has 0 aliphatic rings. The van der Waals surface area contributed by atoms with Gasteiger partial charge in [0.25, 0.3) is 0 Å². The third kappa shape index (κ3) is 4.84. The standard InChI is InChI=1S/C13H24FN3/c1-5-6-7-8-9-17-12(14)11(15-16-17)10-13(2,3)4/h5-10H2,1-4H3. The van der Waals surface area contributed by atoms with E-state index in [0.717, 1.165) is 12.8 Å². The van der Waals surface area contributed by atoms with E-state index in [1.165, 1.54) is 17.5 Å². The van der Waals surface area contributed by atoms with E-state index in [2.05, 4.69) is 38.0 Å². The molecule has 0 atom stereocenters. The van der Waals surface area contributed by atoms with Crippen molar-refractivity contribution in [1.29, 1.82) is 0 Å². The number of hydrogen-bond donors (Lipinski definition) is 0. The van der Waals surface area contributed by atoms with Crippen LogP contribution in [0, 0.1) is 11.4 Å². The zero-order chi connectivity index (χ0) is 12.9. The molecule has 0 spiro atoms. The van der Waals surface area contributed by atoms with Crippen LogP contribution < -0.4 is 0 Å². The Morgan fingerprint density at radius 3 is 2.47 bits per heavy atom. The lowest BCUT2D eigenvalue weighted by molar-refractivity contribution is 0.386. The van der Waals surface area contributed by atoms with E-state index < -0.39 is 0 Å². The lowest BCUT2D eigenvalue weighted by Gasteiger charge is -2.15. The molecule has 0 aliphatic heterocycles. The molecular formula is C13H24FN3. The SMILES string of the molecule is CCCCCCn1nnc(CC(C)(C)C)c1F. The minimum Gasteiger partial charge on any atom is -0.219 e. The van der Waals surface area contributed by atoms with E-state index in [0.29, 0.717) is 18.7 Å². The first-order chi connectivity index (χ1) is 7.94. The van der Waals surface area contributed by atoms with Crippen molar-refractivity contribution in [3.63, 3.8) is 0 Å². The summed E-state index contributed by atoms with van der Waals surface area (Å²) in [5.41, 5.74) is 0.539. The lowest BCUT2D eigenvalue weighted by atomic mass is 9.91. The largest absolute Gasteiger partial charge is 0.234 e. The van der Waals surface area contributed by atoms with Crippen LogP contribution in [-0.2, 0) is 13.0 Å². The van der Waals surface area contributed by atoms with Crippen molar-refractivity contribution in [3.8, 4) is 0 Å². The maximum atomic E-state index is 13.9. The van der Waals surface area contributed by atoms with E-state index in [4.69, 9.17) is 0 Å². The highest BCUT2D eigenvalue weighted by Gasteiger charge is 2.19. The van der Waals surface area contributed by atoms with Crippen LogP contribution in [0.2, 0.25) is 0 Å². The summed E-state index contributed by atoms with van der Waals surface area (Å²) in [6, 6.07) is 0. The number of aromatic nitrogens is 3.